The van der Waals surface area contributed by atoms with Gasteiger partial charge in [0.1, 0.15) is 0 Å². The molecule has 2 N–H and O–H groups in total. The number of carbonyl (C=O) groups excluding carboxylic acids is 4. The minimum Gasteiger partial charge on any atom is -0.366 e. The zero-order chi connectivity index (χ0) is 17.1. The van der Waals surface area contributed by atoms with Gasteiger partial charge in [0.2, 0.25) is 5.91 Å². The molecular weight excluding hydrogens is 294 g/mol. The van der Waals surface area contributed by atoms with Gasteiger partial charge in [0.25, 0.3) is 0 Å². The topological polar surface area (TPSA) is 94.3 Å². The number of primary amides is 1. The Morgan fingerprint density at radius 3 is 1.70 bits per heavy atom. The molecule has 0 aliphatic carbocycles. The quantitative estimate of drug-likeness (QED) is 0.858. The van der Waals surface area contributed by atoms with E-state index in [9.17, 15) is 19.2 Å². The van der Waals surface area contributed by atoms with Gasteiger partial charge in [-0.1, -0.05) is 30.3 Å². The molecule has 0 heterocycles. The van der Waals surface area contributed by atoms with Gasteiger partial charge >= 0.3 is 0 Å². The SMILES string of the molecule is CC(=O)c1c(C(N)=O)ccc(C(=O)c2ccccc2)c1C(C)=O. The van der Waals surface area contributed by atoms with Crippen molar-refractivity contribution in [2.75, 3.05) is 0 Å². The van der Waals surface area contributed by atoms with Gasteiger partial charge in [-0.2, -0.15) is 0 Å². The fraction of sp³-hybridized carbons (Fsp3) is 0.111. The van der Waals surface area contributed by atoms with Crippen LogP contribution in [0.25, 0.3) is 0 Å². The minimum absolute atomic E-state index is 0.0627. The third-order valence-electron chi connectivity index (χ3n) is 3.46. The predicted molar refractivity (Wildman–Crippen MR) is 84.8 cm³/mol. The summed E-state index contributed by atoms with van der Waals surface area (Å²) in [7, 11) is 0. The third kappa shape index (κ3) is 3.08. The fourth-order valence-electron chi connectivity index (χ4n) is 2.47. The molecule has 0 aliphatic rings. The molecule has 1 amide bonds. The molecule has 5 nitrogen and oxygen atoms in total. The van der Waals surface area contributed by atoms with Crippen molar-refractivity contribution in [2.24, 2.45) is 5.73 Å². The highest BCUT2D eigenvalue weighted by Crippen LogP contribution is 2.23. The van der Waals surface area contributed by atoms with E-state index in [-0.39, 0.29) is 22.3 Å². The van der Waals surface area contributed by atoms with Gasteiger partial charge in [-0.25, -0.2) is 0 Å². The van der Waals surface area contributed by atoms with Crippen molar-refractivity contribution in [2.45, 2.75) is 13.8 Å². The number of amides is 1. The number of hydrogen-bond acceptors (Lipinski definition) is 4. The standard InChI is InChI=1S/C18H15NO4/c1-10(20)15-13(17(22)12-6-4-3-5-7-12)8-9-14(18(19)23)16(15)11(2)21/h3-9H,1-2H3,(H2,19,23). The fourth-order valence-corrected chi connectivity index (χ4v) is 2.47. The van der Waals surface area contributed by atoms with Crippen LogP contribution >= 0.6 is 0 Å². The molecule has 0 bridgehead atoms. The van der Waals surface area contributed by atoms with Crippen LogP contribution in [0.1, 0.15) is 60.8 Å². The van der Waals surface area contributed by atoms with Gasteiger partial charge in [-0.15, -0.1) is 0 Å². The van der Waals surface area contributed by atoms with Crippen molar-refractivity contribution in [1.82, 2.24) is 0 Å². The summed E-state index contributed by atoms with van der Waals surface area (Å²) < 4.78 is 0. The molecule has 2 aromatic rings. The summed E-state index contributed by atoms with van der Waals surface area (Å²) in [5, 5.41) is 0. The summed E-state index contributed by atoms with van der Waals surface area (Å²) in [6.45, 7) is 2.47. The maximum absolute atomic E-state index is 12.6. The van der Waals surface area contributed by atoms with Crippen molar-refractivity contribution < 1.29 is 19.2 Å². The lowest BCUT2D eigenvalue weighted by molar-refractivity contribution is 0.0958. The van der Waals surface area contributed by atoms with Crippen LogP contribution in [0.15, 0.2) is 42.5 Å². The van der Waals surface area contributed by atoms with Gasteiger partial charge in [0.05, 0.1) is 5.56 Å². The monoisotopic (exact) mass is 309 g/mol. The zero-order valence-corrected chi connectivity index (χ0v) is 12.8. The first-order chi connectivity index (χ1) is 10.8. The lowest BCUT2D eigenvalue weighted by atomic mass is 9.88. The number of ketones is 3. The lowest BCUT2D eigenvalue weighted by Crippen LogP contribution is -2.21. The summed E-state index contributed by atoms with van der Waals surface area (Å²) in [5.74, 6) is -2.19. The summed E-state index contributed by atoms with van der Waals surface area (Å²) in [6.07, 6.45) is 0. The number of Topliss-reactive ketones (excluding diaryl/α,β-unsaturated/α-hetero) is 2. The van der Waals surface area contributed by atoms with Crippen LogP contribution in [0.3, 0.4) is 0 Å². The van der Waals surface area contributed by atoms with E-state index in [1.807, 2.05) is 0 Å². The maximum Gasteiger partial charge on any atom is 0.249 e. The molecule has 0 unspecified atom stereocenters. The highest BCUT2D eigenvalue weighted by Gasteiger charge is 2.25. The molecule has 2 aromatic carbocycles. The molecule has 5 heteroatoms. The predicted octanol–water partition coefficient (Wildman–Crippen LogP) is 2.42. The summed E-state index contributed by atoms with van der Waals surface area (Å²) in [4.78, 5) is 48.2. The second-order valence-corrected chi connectivity index (χ2v) is 5.08. The van der Waals surface area contributed by atoms with E-state index < -0.39 is 23.3 Å². The van der Waals surface area contributed by atoms with Gasteiger partial charge in [0, 0.05) is 22.3 Å². The highest BCUT2D eigenvalue weighted by molar-refractivity contribution is 6.21. The van der Waals surface area contributed by atoms with E-state index in [4.69, 9.17) is 5.73 Å². The molecular formula is C18H15NO4. The first-order valence-electron chi connectivity index (χ1n) is 6.93. The smallest absolute Gasteiger partial charge is 0.249 e. The first-order valence-corrected chi connectivity index (χ1v) is 6.93. The van der Waals surface area contributed by atoms with E-state index >= 15 is 0 Å². The van der Waals surface area contributed by atoms with Crippen LogP contribution in [0, 0.1) is 0 Å². The number of rotatable bonds is 5. The van der Waals surface area contributed by atoms with Crippen LogP contribution in [0.5, 0.6) is 0 Å². The Labute approximate surface area is 133 Å². The summed E-state index contributed by atoms with van der Waals surface area (Å²) in [6, 6.07) is 11.1. The molecule has 23 heavy (non-hydrogen) atoms. The number of carbonyl (C=O) groups is 4. The van der Waals surface area contributed by atoms with E-state index in [0.29, 0.717) is 5.56 Å². The first kappa shape index (κ1) is 16.3. The van der Waals surface area contributed by atoms with Crippen molar-refractivity contribution >= 4 is 23.3 Å². The zero-order valence-electron chi connectivity index (χ0n) is 12.8. The Balaban J connectivity index is 2.78. The van der Waals surface area contributed by atoms with Crippen molar-refractivity contribution in [3.05, 3.63) is 70.3 Å². The number of nitrogens with two attached hydrogens (primary N) is 1. The van der Waals surface area contributed by atoms with E-state index in [2.05, 4.69) is 0 Å². The van der Waals surface area contributed by atoms with E-state index in [1.54, 1.807) is 30.3 Å². The Hall–Kier alpha value is -3.08. The van der Waals surface area contributed by atoms with Crippen LogP contribution in [0.2, 0.25) is 0 Å². The molecule has 0 saturated heterocycles. The molecule has 0 fully saturated rings. The van der Waals surface area contributed by atoms with E-state index in [1.165, 1.54) is 26.0 Å². The number of benzene rings is 2. The largest absolute Gasteiger partial charge is 0.366 e. The van der Waals surface area contributed by atoms with Gasteiger partial charge < -0.3 is 5.73 Å². The van der Waals surface area contributed by atoms with Crippen LogP contribution in [0.4, 0.5) is 0 Å². The third-order valence-corrected chi connectivity index (χ3v) is 3.46. The van der Waals surface area contributed by atoms with Gasteiger partial charge in [-0.3, -0.25) is 19.2 Å². The Morgan fingerprint density at radius 2 is 1.22 bits per heavy atom. The van der Waals surface area contributed by atoms with Crippen LogP contribution in [-0.2, 0) is 0 Å². The molecule has 116 valence electrons. The average Bonchev–Trinajstić information content (AvgIpc) is 2.53. The average molecular weight is 309 g/mol. The molecule has 0 atom stereocenters. The second-order valence-electron chi connectivity index (χ2n) is 5.08. The Kier molecular flexibility index (Phi) is 4.50. The summed E-state index contributed by atoms with van der Waals surface area (Å²) >= 11 is 0. The molecule has 0 spiro atoms. The molecule has 0 saturated carbocycles. The van der Waals surface area contributed by atoms with Crippen LogP contribution in [-0.4, -0.2) is 23.3 Å². The summed E-state index contributed by atoms with van der Waals surface area (Å²) in [5.41, 5.74) is 5.50. The molecule has 0 radical (unpaired) electrons. The van der Waals surface area contributed by atoms with Crippen LogP contribution < -0.4 is 5.73 Å². The normalized spacial score (nSPS) is 10.2. The van der Waals surface area contributed by atoms with Crippen molar-refractivity contribution in [3.8, 4) is 0 Å². The minimum atomic E-state index is -0.823. The Morgan fingerprint density at radius 1 is 0.739 bits per heavy atom. The molecule has 0 aliphatic heterocycles. The van der Waals surface area contributed by atoms with E-state index in [0.717, 1.165) is 0 Å². The van der Waals surface area contributed by atoms with Gasteiger partial charge in [-0.05, 0) is 26.0 Å². The molecule has 0 aromatic heterocycles. The molecule has 2 rings (SSSR count). The lowest BCUT2D eigenvalue weighted by Gasteiger charge is -2.13. The van der Waals surface area contributed by atoms with Crippen molar-refractivity contribution in [3.63, 3.8) is 0 Å². The van der Waals surface area contributed by atoms with Gasteiger partial charge in [0.15, 0.2) is 17.3 Å². The maximum atomic E-state index is 12.6. The Bertz CT molecular complexity index is 822. The van der Waals surface area contributed by atoms with Crippen molar-refractivity contribution in [1.29, 1.82) is 0 Å². The number of hydrogen-bond donors (Lipinski definition) is 1. The second kappa shape index (κ2) is 6.36. The highest BCUT2D eigenvalue weighted by atomic mass is 16.2.